The highest BCUT2D eigenvalue weighted by Crippen LogP contribution is 2.03. The summed E-state index contributed by atoms with van der Waals surface area (Å²) < 4.78 is 1.26. The molecule has 2 aromatic rings. The number of rotatable bonds is 2. The second-order valence-electron chi connectivity index (χ2n) is 3.43. The maximum absolute atomic E-state index is 11.4. The van der Waals surface area contributed by atoms with Gasteiger partial charge >= 0.3 is 0 Å². The molecule has 0 radical (unpaired) electrons. The van der Waals surface area contributed by atoms with Gasteiger partial charge < -0.3 is 0 Å². The van der Waals surface area contributed by atoms with Crippen LogP contribution in [-0.2, 0) is 0 Å². The molecule has 2 rings (SSSR count). The first-order valence-corrected chi connectivity index (χ1v) is 5.36. The highest BCUT2D eigenvalue weighted by Gasteiger charge is 1.96. The minimum Gasteiger partial charge on any atom is -0.265 e. The van der Waals surface area contributed by atoms with Crippen molar-refractivity contribution < 1.29 is 0 Å². The van der Waals surface area contributed by atoms with Crippen LogP contribution in [-0.4, -0.2) is 21.1 Å². The standard InChI is InChI=1S/C11H10N4OS/c1-8-4-2-3-5-9(8)6-13-15-10(16)7-12-14-11(15)17/h2-7H,1H3,(H,14,17)/b13-6-. The normalized spacial score (nSPS) is 10.9. The number of aromatic amines is 1. The molecule has 0 spiro atoms. The smallest absolute Gasteiger partial charge is 0.265 e. The Morgan fingerprint density at radius 3 is 2.94 bits per heavy atom. The van der Waals surface area contributed by atoms with Crippen molar-refractivity contribution in [2.75, 3.05) is 0 Å². The van der Waals surface area contributed by atoms with E-state index in [9.17, 15) is 4.79 Å². The maximum atomic E-state index is 11.4. The molecule has 17 heavy (non-hydrogen) atoms. The summed E-state index contributed by atoms with van der Waals surface area (Å²) in [6, 6.07) is 7.73. The second kappa shape index (κ2) is 4.84. The molecule has 1 aromatic heterocycles. The van der Waals surface area contributed by atoms with Gasteiger partial charge in [0.15, 0.2) is 0 Å². The Labute approximate surface area is 102 Å². The van der Waals surface area contributed by atoms with Gasteiger partial charge in [0.25, 0.3) is 5.56 Å². The van der Waals surface area contributed by atoms with E-state index >= 15 is 0 Å². The molecule has 6 heteroatoms. The van der Waals surface area contributed by atoms with Gasteiger partial charge in [-0.15, -0.1) is 0 Å². The Bertz CT molecular complexity index is 643. The number of hydrogen-bond acceptors (Lipinski definition) is 4. The summed E-state index contributed by atoms with van der Waals surface area (Å²) in [7, 11) is 0. The van der Waals surface area contributed by atoms with E-state index in [1.807, 2.05) is 31.2 Å². The van der Waals surface area contributed by atoms with Crippen molar-refractivity contribution in [2.24, 2.45) is 5.10 Å². The molecule has 86 valence electrons. The molecule has 5 nitrogen and oxygen atoms in total. The fraction of sp³-hybridized carbons (Fsp3) is 0.0909. The Kier molecular flexibility index (Phi) is 3.24. The van der Waals surface area contributed by atoms with Crippen molar-refractivity contribution in [3.8, 4) is 0 Å². The zero-order valence-electron chi connectivity index (χ0n) is 9.12. The summed E-state index contributed by atoms with van der Waals surface area (Å²) in [6.07, 6.45) is 2.73. The van der Waals surface area contributed by atoms with Gasteiger partial charge in [-0.05, 0) is 30.3 Å². The molecule has 0 fully saturated rings. The van der Waals surface area contributed by atoms with Crippen LogP contribution in [0.3, 0.4) is 0 Å². The minimum absolute atomic E-state index is 0.169. The van der Waals surface area contributed by atoms with Crippen LogP contribution in [0.4, 0.5) is 0 Å². The van der Waals surface area contributed by atoms with Crippen LogP contribution in [0.2, 0.25) is 0 Å². The largest absolute Gasteiger partial charge is 0.293 e. The van der Waals surface area contributed by atoms with E-state index in [-0.39, 0.29) is 10.3 Å². The molecular weight excluding hydrogens is 236 g/mol. The number of nitrogens with zero attached hydrogens (tertiary/aromatic N) is 3. The number of H-pyrrole nitrogens is 1. The molecule has 1 heterocycles. The van der Waals surface area contributed by atoms with Gasteiger partial charge in [0, 0.05) is 0 Å². The number of hydrogen-bond donors (Lipinski definition) is 1. The molecule has 0 saturated heterocycles. The summed E-state index contributed by atoms with van der Waals surface area (Å²) in [5.41, 5.74) is 1.65. The molecule has 0 aliphatic rings. The van der Waals surface area contributed by atoms with Crippen LogP contribution in [0.1, 0.15) is 11.1 Å². The van der Waals surface area contributed by atoms with E-state index in [2.05, 4.69) is 15.3 Å². The van der Waals surface area contributed by atoms with Crippen molar-refractivity contribution in [3.05, 3.63) is 56.7 Å². The average molecular weight is 246 g/mol. The molecule has 0 saturated carbocycles. The summed E-state index contributed by atoms with van der Waals surface area (Å²) in [5.74, 6) is 0. The van der Waals surface area contributed by atoms with Crippen LogP contribution in [0.25, 0.3) is 0 Å². The second-order valence-corrected chi connectivity index (χ2v) is 3.81. The lowest BCUT2D eigenvalue weighted by Gasteiger charge is -1.99. The van der Waals surface area contributed by atoms with Crippen molar-refractivity contribution in [3.63, 3.8) is 0 Å². The molecule has 0 bridgehead atoms. The maximum Gasteiger partial charge on any atom is 0.293 e. The Hall–Kier alpha value is -2.08. The molecule has 0 aliphatic carbocycles. The van der Waals surface area contributed by atoms with E-state index in [1.165, 1.54) is 0 Å². The lowest BCUT2D eigenvalue weighted by atomic mass is 10.1. The summed E-state index contributed by atoms with van der Waals surface area (Å²) >= 11 is 4.92. The highest BCUT2D eigenvalue weighted by atomic mass is 32.1. The lowest BCUT2D eigenvalue weighted by Crippen LogP contribution is -2.18. The topological polar surface area (TPSA) is 63.0 Å². The molecule has 0 aliphatic heterocycles. The van der Waals surface area contributed by atoms with Gasteiger partial charge in [-0.3, -0.25) is 9.89 Å². The first-order chi connectivity index (χ1) is 8.18. The quantitative estimate of drug-likeness (QED) is 0.645. The number of aryl methyl sites for hydroxylation is 1. The fourth-order valence-corrected chi connectivity index (χ4v) is 1.50. The molecule has 0 atom stereocenters. The van der Waals surface area contributed by atoms with Crippen LogP contribution >= 0.6 is 12.2 Å². The molecular formula is C11H10N4OS. The van der Waals surface area contributed by atoms with Crippen LogP contribution in [0, 0.1) is 11.7 Å². The van der Waals surface area contributed by atoms with Crippen LogP contribution < -0.4 is 5.56 Å². The third-order valence-electron chi connectivity index (χ3n) is 2.24. The van der Waals surface area contributed by atoms with Crippen molar-refractivity contribution in [1.29, 1.82) is 0 Å². The van der Waals surface area contributed by atoms with Crippen molar-refractivity contribution in [1.82, 2.24) is 14.9 Å². The molecule has 1 aromatic carbocycles. The zero-order chi connectivity index (χ0) is 12.3. The number of aromatic nitrogens is 3. The van der Waals surface area contributed by atoms with E-state index in [1.54, 1.807) is 6.21 Å². The monoisotopic (exact) mass is 246 g/mol. The fourth-order valence-electron chi connectivity index (χ4n) is 1.31. The summed E-state index contributed by atoms with van der Waals surface area (Å²) in [5, 5.41) is 10.1. The average Bonchev–Trinajstić information content (AvgIpc) is 2.30. The van der Waals surface area contributed by atoms with Gasteiger partial charge in [0.05, 0.1) is 6.21 Å². The number of benzene rings is 1. The van der Waals surface area contributed by atoms with Crippen LogP contribution in [0.15, 0.2) is 40.4 Å². The Morgan fingerprint density at radius 2 is 2.24 bits per heavy atom. The number of nitrogens with one attached hydrogen (secondary N) is 1. The molecule has 0 amide bonds. The first kappa shape index (κ1) is 11.4. The third kappa shape index (κ3) is 2.54. The predicted octanol–water partition coefficient (Wildman–Crippen LogP) is 1.49. The third-order valence-corrected chi connectivity index (χ3v) is 2.50. The van der Waals surface area contributed by atoms with Gasteiger partial charge in [0.1, 0.15) is 6.20 Å². The highest BCUT2D eigenvalue weighted by molar-refractivity contribution is 7.71. The van der Waals surface area contributed by atoms with Gasteiger partial charge in [-0.2, -0.15) is 14.9 Å². The Balaban J connectivity index is 2.43. The van der Waals surface area contributed by atoms with Gasteiger partial charge in [-0.1, -0.05) is 24.3 Å². The van der Waals surface area contributed by atoms with Gasteiger partial charge in [0.2, 0.25) is 4.77 Å². The first-order valence-electron chi connectivity index (χ1n) is 4.95. The van der Waals surface area contributed by atoms with Crippen molar-refractivity contribution in [2.45, 2.75) is 6.92 Å². The van der Waals surface area contributed by atoms with E-state index in [4.69, 9.17) is 12.2 Å². The predicted molar refractivity (Wildman–Crippen MR) is 67.9 cm³/mol. The molecule has 1 N–H and O–H groups in total. The lowest BCUT2D eigenvalue weighted by molar-refractivity contribution is 0.738. The zero-order valence-corrected chi connectivity index (χ0v) is 9.94. The minimum atomic E-state index is -0.362. The summed E-state index contributed by atoms with van der Waals surface area (Å²) in [6.45, 7) is 1.97. The summed E-state index contributed by atoms with van der Waals surface area (Å²) in [4.78, 5) is 11.4. The van der Waals surface area contributed by atoms with Gasteiger partial charge in [-0.25, -0.2) is 0 Å². The van der Waals surface area contributed by atoms with E-state index in [0.717, 1.165) is 22.0 Å². The van der Waals surface area contributed by atoms with E-state index in [0.29, 0.717) is 0 Å². The van der Waals surface area contributed by atoms with E-state index < -0.39 is 0 Å². The molecule has 0 unspecified atom stereocenters. The SMILES string of the molecule is Cc1ccccc1/C=N\n1c(=O)cn[nH]c1=S. The Morgan fingerprint density at radius 1 is 1.47 bits per heavy atom. The van der Waals surface area contributed by atoms with Crippen LogP contribution in [0.5, 0.6) is 0 Å². The van der Waals surface area contributed by atoms with Crippen molar-refractivity contribution >= 4 is 18.4 Å².